The molecule has 26 heavy (non-hydrogen) atoms. The van der Waals surface area contributed by atoms with Crippen LogP contribution in [0.4, 0.5) is 4.79 Å². The third-order valence-corrected chi connectivity index (χ3v) is 7.77. The van der Waals surface area contributed by atoms with Gasteiger partial charge in [0.1, 0.15) is 0 Å². The second-order valence-electron chi connectivity index (χ2n) is 9.34. The van der Waals surface area contributed by atoms with Gasteiger partial charge in [-0.25, -0.2) is 4.79 Å². The summed E-state index contributed by atoms with van der Waals surface area (Å²) in [5.74, 6) is 3.20. The first-order chi connectivity index (χ1) is 12.6. The van der Waals surface area contributed by atoms with E-state index in [4.69, 9.17) is 10.5 Å². The molecule has 0 radical (unpaired) electrons. The van der Waals surface area contributed by atoms with E-state index in [0.29, 0.717) is 30.2 Å². The van der Waals surface area contributed by atoms with Crippen LogP contribution in [0.5, 0.6) is 0 Å². The summed E-state index contributed by atoms with van der Waals surface area (Å²) >= 11 is 0. The molecule has 0 aromatic rings. The van der Waals surface area contributed by atoms with E-state index in [-0.39, 0.29) is 11.8 Å². The molecule has 3 saturated carbocycles. The van der Waals surface area contributed by atoms with Crippen LogP contribution in [0.25, 0.3) is 0 Å². The molecule has 0 spiro atoms. The SMILES string of the molecule is NC(=O)N(CC1CCC2COCC2C1)C(=O)[C@H]1CCC2CCCCC2C1. The van der Waals surface area contributed by atoms with E-state index >= 15 is 0 Å². The zero-order chi connectivity index (χ0) is 18.1. The van der Waals surface area contributed by atoms with Gasteiger partial charge in [-0.1, -0.05) is 25.7 Å². The van der Waals surface area contributed by atoms with Gasteiger partial charge in [0.15, 0.2) is 0 Å². The lowest BCUT2D eigenvalue weighted by Gasteiger charge is -2.40. The van der Waals surface area contributed by atoms with Crippen LogP contribution in [0.1, 0.15) is 64.2 Å². The molecule has 2 N–H and O–H groups in total. The second kappa shape index (κ2) is 7.87. The molecule has 146 valence electrons. The number of amides is 3. The van der Waals surface area contributed by atoms with Gasteiger partial charge >= 0.3 is 6.03 Å². The molecule has 5 heteroatoms. The number of nitrogens with zero attached hydrogens (tertiary/aromatic N) is 1. The number of imide groups is 1. The van der Waals surface area contributed by atoms with Crippen molar-refractivity contribution >= 4 is 11.9 Å². The number of hydrogen-bond donors (Lipinski definition) is 1. The lowest BCUT2D eigenvalue weighted by atomic mass is 9.67. The Kier molecular flexibility index (Phi) is 5.53. The van der Waals surface area contributed by atoms with Crippen LogP contribution in [0.2, 0.25) is 0 Å². The number of ether oxygens (including phenoxy) is 1. The Balaban J connectivity index is 1.36. The number of urea groups is 1. The summed E-state index contributed by atoms with van der Waals surface area (Å²) in [6.07, 6.45) is 11.6. The Morgan fingerprint density at radius 1 is 0.846 bits per heavy atom. The van der Waals surface area contributed by atoms with Crippen LogP contribution in [0.15, 0.2) is 0 Å². The number of primary amides is 1. The van der Waals surface area contributed by atoms with Gasteiger partial charge in [0.05, 0.1) is 0 Å². The quantitative estimate of drug-likeness (QED) is 0.834. The lowest BCUT2D eigenvalue weighted by Crippen LogP contribution is -2.48. The van der Waals surface area contributed by atoms with Crippen molar-refractivity contribution in [1.29, 1.82) is 0 Å². The fourth-order valence-electron chi connectivity index (χ4n) is 6.25. The van der Waals surface area contributed by atoms with Crippen molar-refractivity contribution < 1.29 is 14.3 Å². The van der Waals surface area contributed by atoms with E-state index in [1.54, 1.807) is 0 Å². The number of hydrogen-bond acceptors (Lipinski definition) is 3. The van der Waals surface area contributed by atoms with Gasteiger partial charge in [-0.3, -0.25) is 9.69 Å². The van der Waals surface area contributed by atoms with Crippen molar-refractivity contribution in [2.24, 2.45) is 41.2 Å². The molecule has 4 fully saturated rings. The van der Waals surface area contributed by atoms with Gasteiger partial charge in [0, 0.05) is 25.7 Å². The highest BCUT2D eigenvalue weighted by atomic mass is 16.5. The van der Waals surface area contributed by atoms with Crippen LogP contribution >= 0.6 is 0 Å². The van der Waals surface area contributed by atoms with E-state index in [1.807, 2.05) is 0 Å². The number of nitrogens with two attached hydrogens (primary N) is 1. The van der Waals surface area contributed by atoms with Gasteiger partial charge in [0.2, 0.25) is 5.91 Å². The topological polar surface area (TPSA) is 72.6 Å². The van der Waals surface area contributed by atoms with Crippen molar-refractivity contribution in [2.75, 3.05) is 19.8 Å². The molecule has 6 atom stereocenters. The second-order valence-corrected chi connectivity index (χ2v) is 9.34. The highest BCUT2D eigenvalue weighted by Gasteiger charge is 2.40. The zero-order valence-corrected chi connectivity index (χ0v) is 15.9. The van der Waals surface area contributed by atoms with Crippen LogP contribution < -0.4 is 5.73 Å². The van der Waals surface area contributed by atoms with Crippen molar-refractivity contribution in [3.8, 4) is 0 Å². The molecule has 1 aliphatic heterocycles. The highest BCUT2D eigenvalue weighted by Crippen LogP contribution is 2.43. The third-order valence-electron chi connectivity index (χ3n) is 7.77. The molecular formula is C21H34N2O3. The van der Waals surface area contributed by atoms with Crippen LogP contribution in [-0.2, 0) is 9.53 Å². The molecule has 5 unspecified atom stereocenters. The van der Waals surface area contributed by atoms with Gasteiger partial charge in [-0.2, -0.15) is 0 Å². The molecule has 4 aliphatic rings. The third kappa shape index (κ3) is 3.78. The highest BCUT2D eigenvalue weighted by molar-refractivity contribution is 5.94. The van der Waals surface area contributed by atoms with E-state index in [2.05, 4.69) is 0 Å². The largest absolute Gasteiger partial charge is 0.381 e. The molecule has 3 amide bonds. The molecule has 3 aliphatic carbocycles. The van der Waals surface area contributed by atoms with Crippen LogP contribution in [-0.4, -0.2) is 36.6 Å². The normalized spacial score (nSPS) is 39.7. The van der Waals surface area contributed by atoms with Gasteiger partial charge < -0.3 is 10.5 Å². The van der Waals surface area contributed by atoms with Crippen molar-refractivity contribution in [1.82, 2.24) is 4.90 Å². The average Bonchev–Trinajstić information content (AvgIpc) is 3.12. The molecular weight excluding hydrogens is 328 g/mol. The minimum atomic E-state index is -0.550. The number of carbonyl (C=O) groups excluding carboxylic acids is 2. The summed E-state index contributed by atoms with van der Waals surface area (Å²) < 4.78 is 5.61. The number of fused-ring (bicyclic) bond motifs is 2. The molecule has 0 aromatic heterocycles. The van der Waals surface area contributed by atoms with Crippen LogP contribution in [0, 0.1) is 35.5 Å². The molecule has 4 rings (SSSR count). The van der Waals surface area contributed by atoms with Crippen molar-refractivity contribution in [2.45, 2.75) is 64.2 Å². The van der Waals surface area contributed by atoms with Crippen molar-refractivity contribution in [3.05, 3.63) is 0 Å². The molecule has 1 heterocycles. The summed E-state index contributed by atoms with van der Waals surface area (Å²) in [7, 11) is 0. The maximum Gasteiger partial charge on any atom is 0.321 e. The number of carbonyl (C=O) groups is 2. The lowest BCUT2D eigenvalue weighted by molar-refractivity contribution is -0.135. The summed E-state index contributed by atoms with van der Waals surface area (Å²) in [5.41, 5.74) is 5.64. The minimum absolute atomic E-state index is 0.00585. The Bertz CT molecular complexity index is 537. The first-order valence-electron chi connectivity index (χ1n) is 10.8. The fraction of sp³-hybridized carbons (Fsp3) is 0.905. The predicted octanol–water partition coefficient (Wildman–Crippen LogP) is 3.56. The Hall–Kier alpha value is -1.10. The summed E-state index contributed by atoms with van der Waals surface area (Å²) in [6.45, 7) is 2.25. The maximum absolute atomic E-state index is 13.1. The Morgan fingerprint density at radius 3 is 2.38 bits per heavy atom. The Morgan fingerprint density at radius 2 is 1.58 bits per heavy atom. The number of rotatable bonds is 3. The van der Waals surface area contributed by atoms with Gasteiger partial charge in [0.25, 0.3) is 0 Å². The van der Waals surface area contributed by atoms with Crippen molar-refractivity contribution in [3.63, 3.8) is 0 Å². The molecule has 5 nitrogen and oxygen atoms in total. The average molecular weight is 363 g/mol. The monoisotopic (exact) mass is 362 g/mol. The van der Waals surface area contributed by atoms with E-state index in [0.717, 1.165) is 57.7 Å². The summed E-state index contributed by atoms with van der Waals surface area (Å²) in [6, 6.07) is -0.550. The minimum Gasteiger partial charge on any atom is -0.381 e. The summed E-state index contributed by atoms with van der Waals surface area (Å²) in [5, 5.41) is 0. The van der Waals surface area contributed by atoms with Crippen LogP contribution in [0.3, 0.4) is 0 Å². The van der Waals surface area contributed by atoms with Gasteiger partial charge in [-0.15, -0.1) is 0 Å². The fourth-order valence-corrected chi connectivity index (χ4v) is 6.25. The molecule has 0 aromatic carbocycles. The van der Waals surface area contributed by atoms with E-state index in [9.17, 15) is 9.59 Å². The first-order valence-corrected chi connectivity index (χ1v) is 10.8. The van der Waals surface area contributed by atoms with E-state index < -0.39 is 6.03 Å². The maximum atomic E-state index is 13.1. The molecule has 1 saturated heterocycles. The van der Waals surface area contributed by atoms with E-state index in [1.165, 1.54) is 30.6 Å². The summed E-state index contributed by atoms with van der Waals surface area (Å²) in [4.78, 5) is 26.6. The zero-order valence-electron chi connectivity index (χ0n) is 15.9. The Labute approximate surface area is 157 Å². The predicted molar refractivity (Wildman–Crippen MR) is 99.2 cm³/mol. The smallest absolute Gasteiger partial charge is 0.321 e. The molecule has 0 bridgehead atoms. The van der Waals surface area contributed by atoms with Gasteiger partial charge in [-0.05, 0) is 68.1 Å². The standard InChI is InChI=1S/C21H34N2O3/c22-21(25)23(11-14-5-6-18-12-26-13-19(18)9-14)20(24)17-8-7-15-3-1-2-4-16(15)10-17/h14-19H,1-13H2,(H2,22,25)/t14?,15?,16?,17-,18?,19?/m0/s1. The first kappa shape index (κ1) is 18.3.